The molecule has 0 aliphatic carbocycles. The molecule has 0 spiro atoms. The maximum atomic E-state index is 11.7. The second kappa shape index (κ2) is 8.20. The van der Waals surface area contributed by atoms with Crippen molar-refractivity contribution in [3.8, 4) is 0 Å². The van der Waals surface area contributed by atoms with Crippen LogP contribution in [0.3, 0.4) is 0 Å². The smallest absolute Gasteiger partial charge is 0.315 e. The summed E-state index contributed by atoms with van der Waals surface area (Å²) < 4.78 is 0. The third-order valence-corrected chi connectivity index (χ3v) is 3.48. The number of carbonyl (C=O) groups is 1. The van der Waals surface area contributed by atoms with Crippen molar-refractivity contribution in [1.82, 2.24) is 10.6 Å². The van der Waals surface area contributed by atoms with Crippen molar-refractivity contribution in [3.63, 3.8) is 0 Å². The number of hydrogen-bond donors (Lipinski definition) is 3. The maximum Gasteiger partial charge on any atom is 0.315 e. The third-order valence-electron chi connectivity index (χ3n) is 3.48. The van der Waals surface area contributed by atoms with Gasteiger partial charge in [0, 0.05) is 13.1 Å². The summed E-state index contributed by atoms with van der Waals surface area (Å²) in [6, 6.07) is 15.7. The van der Waals surface area contributed by atoms with Gasteiger partial charge in [-0.1, -0.05) is 54.1 Å². The van der Waals surface area contributed by atoms with E-state index >= 15 is 0 Å². The average molecular weight is 298 g/mol. The van der Waals surface area contributed by atoms with Gasteiger partial charge in [0.2, 0.25) is 0 Å². The van der Waals surface area contributed by atoms with Crippen LogP contribution in [0.15, 0.2) is 48.5 Å². The summed E-state index contributed by atoms with van der Waals surface area (Å²) in [7, 11) is 0. The fourth-order valence-electron chi connectivity index (χ4n) is 2.08. The van der Waals surface area contributed by atoms with Crippen molar-refractivity contribution in [2.45, 2.75) is 26.5 Å². The Kier molecular flexibility index (Phi) is 5.98. The van der Waals surface area contributed by atoms with E-state index in [1.54, 1.807) is 0 Å². The van der Waals surface area contributed by atoms with Crippen LogP contribution in [0.2, 0.25) is 0 Å². The normalized spacial score (nSPS) is 10.3. The number of urea groups is 1. The molecule has 0 unspecified atom stereocenters. The Hall–Kier alpha value is -2.33. The summed E-state index contributed by atoms with van der Waals surface area (Å²) in [5.41, 5.74) is 4.32. The Morgan fingerprint density at radius 3 is 2.14 bits per heavy atom. The summed E-state index contributed by atoms with van der Waals surface area (Å²) in [5, 5.41) is 14.6. The zero-order valence-electron chi connectivity index (χ0n) is 12.8. The molecule has 0 heterocycles. The third kappa shape index (κ3) is 5.22. The molecule has 2 aromatic carbocycles. The predicted octanol–water partition coefficient (Wildman–Crippen LogP) is 2.53. The highest BCUT2D eigenvalue weighted by Crippen LogP contribution is 2.04. The highest BCUT2D eigenvalue weighted by molar-refractivity contribution is 5.73. The van der Waals surface area contributed by atoms with Gasteiger partial charge in [-0.05, 0) is 30.0 Å². The molecule has 0 aliphatic rings. The summed E-state index contributed by atoms with van der Waals surface area (Å²) >= 11 is 0. The molecular formula is C18H22N2O2. The molecule has 0 saturated heterocycles. The standard InChI is InChI=1S/C18H22N2O2/c1-14-2-4-15(5-3-14)10-11-19-18(22)20-12-16-6-8-17(13-21)9-7-16/h2-9,21H,10-13H2,1H3,(H2,19,20,22). The number of benzene rings is 2. The van der Waals surface area contributed by atoms with Crippen LogP contribution in [0.5, 0.6) is 0 Å². The van der Waals surface area contributed by atoms with Gasteiger partial charge in [-0.2, -0.15) is 0 Å². The molecule has 0 saturated carbocycles. The first-order valence-corrected chi connectivity index (χ1v) is 7.43. The molecule has 22 heavy (non-hydrogen) atoms. The number of aliphatic hydroxyl groups is 1. The van der Waals surface area contributed by atoms with E-state index < -0.39 is 0 Å². The molecule has 3 N–H and O–H groups in total. The quantitative estimate of drug-likeness (QED) is 0.767. The number of amides is 2. The molecule has 0 bridgehead atoms. The first kappa shape index (κ1) is 16.0. The molecule has 2 rings (SSSR count). The van der Waals surface area contributed by atoms with Crippen molar-refractivity contribution in [1.29, 1.82) is 0 Å². The number of carbonyl (C=O) groups excluding carboxylic acids is 1. The minimum atomic E-state index is -0.168. The van der Waals surface area contributed by atoms with Crippen LogP contribution in [0.1, 0.15) is 22.3 Å². The summed E-state index contributed by atoms with van der Waals surface area (Å²) in [4.78, 5) is 11.7. The van der Waals surface area contributed by atoms with Gasteiger partial charge in [0.1, 0.15) is 0 Å². The molecular weight excluding hydrogens is 276 g/mol. The summed E-state index contributed by atoms with van der Waals surface area (Å²) in [5.74, 6) is 0. The lowest BCUT2D eigenvalue weighted by Gasteiger charge is -2.08. The van der Waals surface area contributed by atoms with Crippen molar-refractivity contribution < 1.29 is 9.90 Å². The van der Waals surface area contributed by atoms with Gasteiger partial charge >= 0.3 is 6.03 Å². The van der Waals surface area contributed by atoms with Crippen LogP contribution in [0.4, 0.5) is 4.79 Å². The second-order valence-electron chi connectivity index (χ2n) is 5.32. The van der Waals surface area contributed by atoms with Crippen LogP contribution < -0.4 is 10.6 Å². The fourth-order valence-corrected chi connectivity index (χ4v) is 2.08. The molecule has 0 fully saturated rings. The fraction of sp³-hybridized carbons (Fsp3) is 0.278. The number of aryl methyl sites for hydroxylation is 1. The van der Waals surface area contributed by atoms with Crippen LogP contribution in [0, 0.1) is 6.92 Å². The van der Waals surface area contributed by atoms with E-state index in [2.05, 4.69) is 41.8 Å². The number of aliphatic hydroxyl groups excluding tert-OH is 1. The van der Waals surface area contributed by atoms with E-state index in [1.807, 2.05) is 24.3 Å². The molecule has 0 aromatic heterocycles. The van der Waals surface area contributed by atoms with Crippen molar-refractivity contribution >= 4 is 6.03 Å². The summed E-state index contributed by atoms with van der Waals surface area (Å²) in [6.45, 7) is 3.18. The molecule has 4 heteroatoms. The van der Waals surface area contributed by atoms with E-state index in [-0.39, 0.29) is 12.6 Å². The molecule has 2 amide bonds. The lowest BCUT2D eigenvalue weighted by Crippen LogP contribution is -2.36. The van der Waals surface area contributed by atoms with Crippen LogP contribution in [0.25, 0.3) is 0 Å². The first-order valence-electron chi connectivity index (χ1n) is 7.43. The zero-order chi connectivity index (χ0) is 15.8. The Morgan fingerprint density at radius 2 is 1.50 bits per heavy atom. The van der Waals surface area contributed by atoms with Crippen LogP contribution in [-0.4, -0.2) is 17.7 Å². The Balaban J connectivity index is 1.68. The highest BCUT2D eigenvalue weighted by atomic mass is 16.3. The van der Waals surface area contributed by atoms with Crippen LogP contribution >= 0.6 is 0 Å². The highest BCUT2D eigenvalue weighted by Gasteiger charge is 2.01. The molecule has 0 radical (unpaired) electrons. The minimum Gasteiger partial charge on any atom is -0.392 e. The molecule has 4 nitrogen and oxygen atoms in total. The Morgan fingerprint density at radius 1 is 0.909 bits per heavy atom. The largest absolute Gasteiger partial charge is 0.392 e. The van der Waals surface area contributed by atoms with Gasteiger partial charge in [-0.25, -0.2) is 4.79 Å². The van der Waals surface area contributed by atoms with Crippen LogP contribution in [-0.2, 0) is 19.6 Å². The van der Waals surface area contributed by atoms with Crippen molar-refractivity contribution in [2.24, 2.45) is 0 Å². The average Bonchev–Trinajstić information content (AvgIpc) is 2.55. The van der Waals surface area contributed by atoms with E-state index in [1.165, 1.54) is 11.1 Å². The van der Waals surface area contributed by atoms with Crippen molar-refractivity contribution in [3.05, 3.63) is 70.8 Å². The van der Waals surface area contributed by atoms with Gasteiger partial charge in [0.05, 0.1) is 6.61 Å². The van der Waals surface area contributed by atoms with E-state index in [0.717, 1.165) is 17.5 Å². The van der Waals surface area contributed by atoms with Gasteiger partial charge < -0.3 is 15.7 Å². The van der Waals surface area contributed by atoms with E-state index in [9.17, 15) is 4.79 Å². The molecule has 2 aromatic rings. The zero-order valence-corrected chi connectivity index (χ0v) is 12.8. The topological polar surface area (TPSA) is 61.4 Å². The predicted molar refractivity (Wildman–Crippen MR) is 87.5 cm³/mol. The van der Waals surface area contributed by atoms with Crippen molar-refractivity contribution in [2.75, 3.05) is 6.54 Å². The maximum absolute atomic E-state index is 11.7. The molecule has 0 atom stereocenters. The number of hydrogen-bond acceptors (Lipinski definition) is 2. The molecule has 116 valence electrons. The van der Waals surface area contributed by atoms with Gasteiger partial charge in [0.25, 0.3) is 0 Å². The molecule has 0 aliphatic heterocycles. The minimum absolute atomic E-state index is 0.0349. The lowest BCUT2D eigenvalue weighted by molar-refractivity contribution is 0.240. The van der Waals surface area contributed by atoms with Gasteiger partial charge in [-0.15, -0.1) is 0 Å². The Bertz CT molecular complexity index is 591. The number of nitrogens with one attached hydrogen (secondary N) is 2. The van der Waals surface area contributed by atoms with E-state index in [0.29, 0.717) is 13.1 Å². The lowest BCUT2D eigenvalue weighted by atomic mass is 10.1. The van der Waals surface area contributed by atoms with Gasteiger partial charge in [0.15, 0.2) is 0 Å². The van der Waals surface area contributed by atoms with E-state index in [4.69, 9.17) is 5.11 Å². The number of rotatable bonds is 6. The second-order valence-corrected chi connectivity index (χ2v) is 5.32. The summed E-state index contributed by atoms with van der Waals surface area (Å²) in [6.07, 6.45) is 0.818. The Labute approximate surface area is 131 Å². The SMILES string of the molecule is Cc1ccc(CCNC(=O)NCc2ccc(CO)cc2)cc1. The monoisotopic (exact) mass is 298 g/mol. The first-order chi connectivity index (χ1) is 10.7. The van der Waals surface area contributed by atoms with Gasteiger partial charge in [-0.3, -0.25) is 0 Å².